The first kappa shape index (κ1) is 29.8. The summed E-state index contributed by atoms with van der Waals surface area (Å²) in [4.78, 5) is 53.5. The standard InChI is InChI=1S/C25H31N3O8S2/c1-6-17(16-8-9-18-19(12-16)36-15-35-18)28-22(31)24(2,37-20(29)13-33-4)27(3)23(32)25(28,10-7-11-26)38-21(30)14-34-5/h8-9,12,17H,6-7,10,13-15H2,1-5H3/t17-,24+,25+/m1/s1. The van der Waals surface area contributed by atoms with Gasteiger partial charge in [-0.05, 0) is 54.6 Å². The molecule has 3 atom stereocenters. The number of nitriles is 1. The molecule has 2 heterocycles. The summed E-state index contributed by atoms with van der Waals surface area (Å²) in [6, 6.07) is 6.57. The number of carbonyl (C=O) groups is 4. The number of rotatable bonds is 11. The number of hydrogen-bond acceptors (Lipinski definition) is 11. The van der Waals surface area contributed by atoms with Crippen molar-refractivity contribution in [2.45, 2.75) is 48.9 Å². The van der Waals surface area contributed by atoms with Gasteiger partial charge in [0.25, 0.3) is 11.8 Å². The number of fused-ring (bicyclic) bond motifs is 1. The summed E-state index contributed by atoms with van der Waals surface area (Å²) in [6.45, 7) is 2.86. The first-order valence-electron chi connectivity index (χ1n) is 11.9. The number of ether oxygens (including phenoxy) is 4. The minimum absolute atomic E-state index is 0.0608. The van der Waals surface area contributed by atoms with E-state index in [0.717, 1.165) is 0 Å². The summed E-state index contributed by atoms with van der Waals surface area (Å²) < 4.78 is 20.9. The van der Waals surface area contributed by atoms with E-state index in [2.05, 4.69) is 0 Å². The Kier molecular flexibility index (Phi) is 9.69. The van der Waals surface area contributed by atoms with E-state index in [1.165, 1.54) is 38.0 Å². The monoisotopic (exact) mass is 565 g/mol. The maximum atomic E-state index is 14.5. The quantitative estimate of drug-likeness (QED) is 0.392. The van der Waals surface area contributed by atoms with Gasteiger partial charge in [0.15, 0.2) is 21.2 Å². The summed E-state index contributed by atoms with van der Waals surface area (Å²) in [6.07, 6.45) is 0.162. The Morgan fingerprint density at radius 3 is 2.34 bits per heavy atom. The predicted molar refractivity (Wildman–Crippen MR) is 140 cm³/mol. The van der Waals surface area contributed by atoms with Crippen molar-refractivity contribution in [3.05, 3.63) is 23.8 Å². The van der Waals surface area contributed by atoms with Gasteiger partial charge in [0.1, 0.15) is 13.2 Å². The number of piperazine rings is 1. The molecule has 206 valence electrons. The Balaban J connectivity index is 2.22. The molecule has 0 bridgehead atoms. The van der Waals surface area contributed by atoms with Gasteiger partial charge in [-0.3, -0.25) is 19.2 Å². The summed E-state index contributed by atoms with van der Waals surface area (Å²) in [5.74, 6) is -0.0715. The molecule has 1 aromatic carbocycles. The fraction of sp³-hybridized carbons (Fsp3) is 0.560. The first-order chi connectivity index (χ1) is 18.1. The van der Waals surface area contributed by atoms with E-state index in [0.29, 0.717) is 47.0 Å². The van der Waals surface area contributed by atoms with Crippen molar-refractivity contribution in [1.82, 2.24) is 9.80 Å². The lowest BCUT2D eigenvalue weighted by molar-refractivity contribution is -0.168. The van der Waals surface area contributed by atoms with Crippen LogP contribution in [-0.2, 0) is 28.7 Å². The third-order valence-electron chi connectivity index (χ3n) is 6.46. The summed E-state index contributed by atoms with van der Waals surface area (Å²) in [5.41, 5.74) is 0.652. The zero-order chi connectivity index (χ0) is 28.1. The van der Waals surface area contributed by atoms with Gasteiger partial charge >= 0.3 is 0 Å². The number of likely N-dealkylation sites (N-methyl/N-ethyl adjacent to an activating group) is 1. The van der Waals surface area contributed by atoms with E-state index >= 15 is 0 Å². The summed E-state index contributed by atoms with van der Waals surface area (Å²) in [7, 11) is 4.14. The molecule has 2 aliphatic heterocycles. The van der Waals surface area contributed by atoms with Crippen molar-refractivity contribution >= 4 is 45.6 Å². The molecule has 0 radical (unpaired) electrons. The van der Waals surface area contributed by atoms with Gasteiger partial charge in [0.05, 0.1) is 12.1 Å². The molecule has 0 aliphatic carbocycles. The van der Waals surface area contributed by atoms with E-state index in [1.54, 1.807) is 18.2 Å². The van der Waals surface area contributed by atoms with Crippen LogP contribution in [0, 0.1) is 11.3 Å². The molecule has 13 heteroatoms. The smallest absolute Gasteiger partial charge is 0.261 e. The van der Waals surface area contributed by atoms with E-state index in [4.69, 9.17) is 18.9 Å². The normalized spacial score (nSPS) is 23.4. The number of nitrogens with zero attached hydrogens (tertiary/aromatic N) is 3. The average Bonchev–Trinajstić information content (AvgIpc) is 3.36. The lowest BCUT2D eigenvalue weighted by Gasteiger charge is -2.56. The lowest BCUT2D eigenvalue weighted by Crippen LogP contribution is -2.73. The second kappa shape index (κ2) is 12.4. The molecular formula is C25H31N3O8S2. The zero-order valence-electron chi connectivity index (χ0n) is 22.0. The van der Waals surface area contributed by atoms with Gasteiger partial charge in [0, 0.05) is 34.1 Å². The van der Waals surface area contributed by atoms with Crippen molar-refractivity contribution in [3.63, 3.8) is 0 Å². The molecular weight excluding hydrogens is 534 g/mol. The van der Waals surface area contributed by atoms with Crippen LogP contribution in [-0.4, -0.2) is 82.9 Å². The van der Waals surface area contributed by atoms with Crippen LogP contribution in [0.5, 0.6) is 11.5 Å². The van der Waals surface area contributed by atoms with Crippen molar-refractivity contribution in [2.75, 3.05) is 41.3 Å². The molecule has 11 nitrogen and oxygen atoms in total. The third kappa shape index (κ3) is 5.49. The number of carbonyl (C=O) groups excluding carboxylic acids is 4. The maximum absolute atomic E-state index is 14.5. The Bertz CT molecular complexity index is 1140. The van der Waals surface area contributed by atoms with Crippen molar-refractivity contribution in [1.29, 1.82) is 5.26 Å². The van der Waals surface area contributed by atoms with Crippen LogP contribution in [0.4, 0.5) is 0 Å². The zero-order valence-corrected chi connectivity index (χ0v) is 23.6. The summed E-state index contributed by atoms with van der Waals surface area (Å²) >= 11 is 1.36. The number of hydrogen-bond donors (Lipinski definition) is 0. The molecule has 2 amide bonds. The molecule has 1 aromatic rings. The van der Waals surface area contributed by atoms with Gasteiger partial charge in [0.2, 0.25) is 17.0 Å². The molecule has 38 heavy (non-hydrogen) atoms. The van der Waals surface area contributed by atoms with Gasteiger partial charge in [-0.15, -0.1) is 0 Å². The minimum Gasteiger partial charge on any atom is -0.454 e. The highest BCUT2D eigenvalue weighted by Gasteiger charge is 2.63. The Morgan fingerprint density at radius 1 is 1.11 bits per heavy atom. The highest BCUT2D eigenvalue weighted by Crippen LogP contribution is 2.51. The molecule has 2 aliphatic rings. The highest BCUT2D eigenvalue weighted by atomic mass is 32.2. The Labute approximate surface area is 230 Å². The second-order valence-corrected chi connectivity index (χ2v) is 11.6. The fourth-order valence-corrected chi connectivity index (χ4v) is 6.90. The number of thioether (sulfide) groups is 2. The predicted octanol–water partition coefficient (Wildman–Crippen LogP) is 2.70. The fourth-order valence-electron chi connectivity index (χ4n) is 4.58. The molecule has 1 fully saturated rings. The number of amides is 2. The topological polar surface area (TPSA) is 135 Å². The van der Waals surface area contributed by atoms with E-state index in [-0.39, 0.29) is 32.8 Å². The maximum Gasteiger partial charge on any atom is 0.261 e. The van der Waals surface area contributed by atoms with Crippen LogP contribution in [0.15, 0.2) is 18.2 Å². The number of benzene rings is 1. The first-order valence-corrected chi connectivity index (χ1v) is 13.5. The largest absolute Gasteiger partial charge is 0.454 e. The van der Waals surface area contributed by atoms with E-state index in [9.17, 15) is 24.4 Å². The molecule has 0 unspecified atom stereocenters. The molecule has 0 saturated carbocycles. The van der Waals surface area contributed by atoms with Gasteiger partial charge in [-0.1, -0.05) is 13.0 Å². The van der Waals surface area contributed by atoms with Crippen LogP contribution >= 0.6 is 23.5 Å². The molecule has 1 saturated heterocycles. The minimum atomic E-state index is -1.75. The SMILES string of the molecule is CC[C@H](c1ccc2c(c1)OCO2)N1C(=O)[C@](C)(SC(=O)COC)N(C)C(=O)[C@]1(CCC#N)SC(=O)COC. The lowest BCUT2D eigenvalue weighted by atomic mass is 9.93. The van der Waals surface area contributed by atoms with Crippen molar-refractivity contribution in [2.24, 2.45) is 0 Å². The van der Waals surface area contributed by atoms with Crippen LogP contribution in [0.2, 0.25) is 0 Å². The molecule has 0 spiro atoms. The molecule has 3 rings (SSSR count). The molecule has 0 N–H and O–H groups in total. The van der Waals surface area contributed by atoms with Gasteiger partial charge in [-0.25, -0.2) is 0 Å². The third-order valence-corrected chi connectivity index (χ3v) is 8.91. The average molecular weight is 566 g/mol. The summed E-state index contributed by atoms with van der Waals surface area (Å²) in [5, 5.41) is 8.55. The van der Waals surface area contributed by atoms with Crippen LogP contribution in [0.1, 0.15) is 44.7 Å². The molecule has 0 aromatic heterocycles. The van der Waals surface area contributed by atoms with Gasteiger partial charge < -0.3 is 28.7 Å². The Morgan fingerprint density at radius 2 is 1.74 bits per heavy atom. The van der Waals surface area contributed by atoms with Crippen molar-refractivity contribution < 1.29 is 38.1 Å². The van der Waals surface area contributed by atoms with E-state index in [1.807, 2.05) is 13.0 Å². The van der Waals surface area contributed by atoms with Crippen LogP contribution < -0.4 is 9.47 Å². The van der Waals surface area contributed by atoms with Crippen molar-refractivity contribution in [3.8, 4) is 17.6 Å². The van der Waals surface area contributed by atoms with Gasteiger partial charge in [-0.2, -0.15) is 5.26 Å². The highest BCUT2D eigenvalue weighted by molar-refractivity contribution is 8.16. The number of methoxy groups -OCH3 is 2. The second-order valence-electron chi connectivity index (χ2n) is 8.82. The Hall–Kier alpha value is -2.79. The van der Waals surface area contributed by atoms with Crippen LogP contribution in [0.25, 0.3) is 0 Å². The van der Waals surface area contributed by atoms with Crippen LogP contribution in [0.3, 0.4) is 0 Å². The van der Waals surface area contributed by atoms with E-state index < -0.39 is 37.8 Å².